The molecule has 0 bridgehead atoms. The predicted molar refractivity (Wildman–Crippen MR) is 85.8 cm³/mol. The zero-order chi connectivity index (χ0) is 15.5. The van der Waals surface area contributed by atoms with E-state index in [1.165, 1.54) is 4.68 Å². The number of carbonyl (C=O) groups is 1. The number of amides is 1. The fraction of sp³-hybridized carbons (Fsp3) is 0.200. The monoisotopic (exact) mass is 313 g/mol. The minimum atomic E-state index is -0.233. The van der Waals surface area contributed by atoms with Crippen LogP contribution in [-0.4, -0.2) is 32.3 Å². The summed E-state index contributed by atoms with van der Waals surface area (Å²) >= 11 is 1.55. The molecule has 6 nitrogen and oxygen atoms in total. The SMILES string of the molecule is CCNC(=O)n1ccc(-c2sc(-c3cccnc3)nc2C)n1. The molecule has 0 aliphatic heterocycles. The number of hydrogen-bond acceptors (Lipinski definition) is 5. The number of rotatable bonds is 3. The molecule has 0 spiro atoms. The summed E-state index contributed by atoms with van der Waals surface area (Å²) in [6, 6.07) is 5.45. The molecule has 3 aromatic heterocycles. The molecule has 112 valence electrons. The summed E-state index contributed by atoms with van der Waals surface area (Å²) in [6.45, 7) is 4.38. The van der Waals surface area contributed by atoms with Crippen molar-refractivity contribution in [3.05, 3.63) is 42.5 Å². The number of nitrogens with zero attached hydrogens (tertiary/aromatic N) is 4. The van der Waals surface area contributed by atoms with Crippen molar-refractivity contribution in [2.24, 2.45) is 0 Å². The van der Waals surface area contributed by atoms with Gasteiger partial charge in [-0.1, -0.05) is 0 Å². The lowest BCUT2D eigenvalue weighted by atomic mass is 10.3. The minimum absolute atomic E-state index is 0.233. The van der Waals surface area contributed by atoms with Crippen LogP contribution < -0.4 is 5.32 Å². The fourth-order valence-corrected chi connectivity index (χ4v) is 3.06. The van der Waals surface area contributed by atoms with Crippen LogP contribution in [0.3, 0.4) is 0 Å². The maximum absolute atomic E-state index is 11.8. The van der Waals surface area contributed by atoms with Crippen molar-refractivity contribution >= 4 is 17.4 Å². The van der Waals surface area contributed by atoms with Crippen molar-refractivity contribution in [3.63, 3.8) is 0 Å². The van der Waals surface area contributed by atoms with Gasteiger partial charge in [-0.15, -0.1) is 11.3 Å². The van der Waals surface area contributed by atoms with E-state index in [0.717, 1.165) is 26.8 Å². The zero-order valence-electron chi connectivity index (χ0n) is 12.3. The molecule has 0 fully saturated rings. The molecular formula is C15H15N5OS. The lowest BCUT2D eigenvalue weighted by Gasteiger charge is -1.99. The van der Waals surface area contributed by atoms with Gasteiger partial charge in [-0.3, -0.25) is 4.98 Å². The third-order valence-electron chi connectivity index (χ3n) is 3.06. The molecule has 7 heteroatoms. The second-order valence-electron chi connectivity index (χ2n) is 4.66. The van der Waals surface area contributed by atoms with Gasteiger partial charge >= 0.3 is 6.03 Å². The summed E-state index contributed by atoms with van der Waals surface area (Å²) in [5.74, 6) is 0. The van der Waals surface area contributed by atoms with E-state index in [1.54, 1.807) is 29.9 Å². The fourth-order valence-electron chi connectivity index (χ4n) is 2.04. The molecule has 3 heterocycles. The van der Waals surface area contributed by atoms with Crippen molar-refractivity contribution in [2.45, 2.75) is 13.8 Å². The van der Waals surface area contributed by atoms with Gasteiger partial charge in [0.15, 0.2) is 0 Å². The first-order chi connectivity index (χ1) is 10.7. The Labute approximate surface area is 131 Å². The standard InChI is InChI=1S/C15H15N5OS/c1-3-17-15(21)20-8-6-12(19-20)13-10(2)18-14(22-13)11-5-4-7-16-9-11/h4-9H,3H2,1-2H3,(H,17,21). The molecule has 0 aliphatic rings. The molecule has 0 radical (unpaired) electrons. The van der Waals surface area contributed by atoms with Crippen LogP contribution in [0.5, 0.6) is 0 Å². The number of aromatic nitrogens is 4. The molecule has 22 heavy (non-hydrogen) atoms. The van der Waals surface area contributed by atoms with Crippen molar-refractivity contribution < 1.29 is 4.79 Å². The predicted octanol–water partition coefficient (Wildman–Crippen LogP) is 2.95. The highest BCUT2D eigenvalue weighted by Gasteiger charge is 2.15. The lowest BCUT2D eigenvalue weighted by molar-refractivity contribution is 0.240. The van der Waals surface area contributed by atoms with E-state index in [1.807, 2.05) is 32.0 Å². The Hall–Kier alpha value is -2.54. The lowest BCUT2D eigenvalue weighted by Crippen LogP contribution is -2.28. The number of thiazole rings is 1. The quantitative estimate of drug-likeness (QED) is 0.807. The van der Waals surface area contributed by atoms with E-state index in [2.05, 4.69) is 20.4 Å². The first kappa shape index (κ1) is 14.4. The molecule has 3 rings (SSSR count). The van der Waals surface area contributed by atoms with Crippen LogP contribution in [-0.2, 0) is 0 Å². The number of pyridine rings is 1. The topological polar surface area (TPSA) is 72.7 Å². The number of aryl methyl sites for hydroxylation is 1. The molecule has 1 N–H and O–H groups in total. The van der Waals surface area contributed by atoms with E-state index < -0.39 is 0 Å². The van der Waals surface area contributed by atoms with E-state index in [4.69, 9.17) is 0 Å². The largest absolute Gasteiger partial charge is 0.342 e. The van der Waals surface area contributed by atoms with E-state index in [9.17, 15) is 4.79 Å². The molecule has 1 amide bonds. The minimum Gasteiger partial charge on any atom is -0.336 e. The van der Waals surface area contributed by atoms with E-state index in [-0.39, 0.29) is 6.03 Å². The summed E-state index contributed by atoms with van der Waals surface area (Å²) in [4.78, 5) is 21.4. The van der Waals surface area contributed by atoms with Gasteiger partial charge in [-0.2, -0.15) is 9.78 Å². The van der Waals surface area contributed by atoms with Gasteiger partial charge in [-0.05, 0) is 32.0 Å². The van der Waals surface area contributed by atoms with Crippen LogP contribution in [0, 0.1) is 6.92 Å². The highest BCUT2D eigenvalue weighted by Crippen LogP contribution is 2.33. The molecule has 0 unspecified atom stereocenters. The third kappa shape index (κ3) is 2.75. The summed E-state index contributed by atoms with van der Waals surface area (Å²) in [5, 5.41) is 7.94. The average molecular weight is 313 g/mol. The number of hydrogen-bond donors (Lipinski definition) is 1. The molecule has 0 atom stereocenters. The number of nitrogens with one attached hydrogen (secondary N) is 1. The van der Waals surface area contributed by atoms with Gasteiger partial charge in [0, 0.05) is 30.7 Å². The Bertz CT molecular complexity index is 793. The van der Waals surface area contributed by atoms with Crippen molar-refractivity contribution in [1.82, 2.24) is 25.1 Å². The van der Waals surface area contributed by atoms with Crippen LogP contribution in [0.1, 0.15) is 12.6 Å². The Kier molecular flexibility index (Phi) is 3.97. The van der Waals surface area contributed by atoms with Crippen LogP contribution in [0.2, 0.25) is 0 Å². The first-order valence-electron chi connectivity index (χ1n) is 6.91. The normalized spacial score (nSPS) is 10.6. The Balaban J connectivity index is 1.93. The van der Waals surface area contributed by atoms with Gasteiger partial charge in [0.1, 0.15) is 10.7 Å². The number of carbonyl (C=O) groups excluding carboxylic acids is 1. The summed E-state index contributed by atoms with van der Waals surface area (Å²) < 4.78 is 1.31. The molecule has 0 aliphatic carbocycles. The van der Waals surface area contributed by atoms with Crippen LogP contribution in [0.4, 0.5) is 4.79 Å². The Morgan fingerprint density at radius 2 is 2.27 bits per heavy atom. The zero-order valence-corrected chi connectivity index (χ0v) is 13.1. The van der Waals surface area contributed by atoms with E-state index >= 15 is 0 Å². The van der Waals surface area contributed by atoms with Crippen LogP contribution >= 0.6 is 11.3 Å². The van der Waals surface area contributed by atoms with Crippen molar-refractivity contribution in [2.75, 3.05) is 6.54 Å². The van der Waals surface area contributed by atoms with Gasteiger partial charge in [0.25, 0.3) is 0 Å². The third-order valence-corrected chi connectivity index (χ3v) is 4.29. The van der Waals surface area contributed by atoms with E-state index in [0.29, 0.717) is 6.54 Å². The maximum Gasteiger partial charge on any atom is 0.342 e. The summed E-state index contributed by atoms with van der Waals surface area (Å²) in [5.41, 5.74) is 2.62. The second-order valence-corrected chi connectivity index (χ2v) is 5.66. The van der Waals surface area contributed by atoms with Gasteiger partial charge in [-0.25, -0.2) is 9.78 Å². The first-order valence-corrected chi connectivity index (χ1v) is 7.72. The molecule has 0 saturated heterocycles. The van der Waals surface area contributed by atoms with Crippen molar-refractivity contribution in [3.8, 4) is 21.1 Å². The van der Waals surface area contributed by atoms with Crippen LogP contribution in [0.25, 0.3) is 21.1 Å². The highest BCUT2D eigenvalue weighted by atomic mass is 32.1. The Morgan fingerprint density at radius 1 is 1.41 bits per heavy atom. The van der Waals surface area contributed by atoms with Gasteiger partial charge in [0.2, 0.25) is 0 Å². The maximum atomic E-state index is 11.8. The summed E-state index contributed by atoms with van der Waals surface area (Å²) in [6.07, 6.45) is 5.18. The average Bonchev–Trinajstić information content (AvgIpc) is 3.15. The summed E-state index contributed by atoms with van der Waals surface area (Å²) in [7, 11) is 0. The molecule has 0 aromatic carbocycles. The highest BCUT2D eigenvalue weighted by molar-refractivity contribution is 7.18. The molecular weight excluding hydrogens is 298 g/mol. The second kappa shape index (κ2) is 6.07. The van der Waals surface area contributed by atoms with Gasteiger partial charge in [0.05, 0.1) is 10.6 Å². The smallest absolute Gasteiger partial charge is 0.336 e. The Morgan fingerprint density at radius 3 is 3.00 bits per heavy atom. The molecule has 3 aromatic rings. The van der Waals surface area contributed by atoms with Crippen LogP contribution in [0.15, 0.2) is 36.8 Å². The van der Waals surface area contributed by atoms with Crippen molar-refractivity contribution in [1.29, 1.82) is 0 Å². The molecule has 0 saturated carbocycles. The van der Waals surface area contributed by atoms with Gasteiger partial charge < -0.3 is 5.32 Å².